The van der Waals surface area contributed by atoms with E-state index >= 15 is 0 Å². The molecule has 0 saturated carbocycles. The van der Waals surface area contributed by atoms with Crippen LogP contribution in [0.15, 0.2) is 24.5 Å². The Morgan fingerprint density at radius 1 is 1.53 bits per heavy atom. The largest absolute Gasteiger partial charge is 0.481 e. The molecule has 1 aliphatic heterocycles. The number of hydrogen-bond acceptors (Lipinski definition) is 4. The van der Waals surface area contributed by atoms with E-state index in [0.29, 0.717) is 5.88 Å². The molecule has 3 heterocycles. The zero-order chi connectivity index (χ0) is 13.2. The quantitative estimate of drug-likeness (QED) is 0.922. The summed E-state index contributed by atoms with van der Waals surface area (Å²) in [6.45, 7) is 0.909. The molecule has 0 spiro atoms. The van der Waals surface area contributed by atoms with Crippen LogP contribution in [0.4, 0.5) is 10.2 Å². The maximum absolute atomic E-state index is 13.4. The fourth-order valence-corrected chi connectivity index (χ4v) is 2.64. The van der Waals surface area contributed by atoms with Gasteiger partial charge in [0.2, 0.25) is 5.88 Å². The molecular weight excluding hydrogens is 247 g/mol. The van der Waals surface area contributed by atoms with Crippen LogP contribution < -0.4 is 9.64 Å². The molecule has 2 aromatic rings. The van der Waals surface area contributed by atoms with Gasteiger partial charge in [-0.2, -0.15) is 5.10 Å². The highest BCUT2D eigenvalue weighted by Gasteiger charge is 2.30. The Hall–Kier alpha value is -2.11. The predicted octanol–water partition coefficient (Wildman–Crippen LogP) is 2.29. The van der Waals surface area contributed by atoms with Crippen molar-refractivity contribution in [2.75, 3.05) is 18.6 Å². The number of halogens is 1. The van der Waals surface area contributed by atoms with E-state index in [4.69, 9.17) is 4.74 Å². The second-order valence-electron chi connectivity index (χ2n) is 4.55. The van der Waals surface area contributed by atoms with Crippen molar-refractivity contribution >= 4 is 5.82 Å². The van der Waals surface area contributed by atoms with Crippen molar-refractivity contribution < 1.29 is 9.13 Å². The number of aromatic nitrogens is 3. The van der Waals surface area contributed by atoms with E-state index < -0.39 is 0 Å². The van der Waals surface area contributed by atoms with Crippen LogP contribution in [0.3, 0.4) is 0 Å². The van der Waals surface area contributed by atoms with Crippen molar-refractivity contribution in [1.29, 1.82) is 0 Å². The summed E-state index contributed by atoms with van der Waals surface area (Å²) < 4.78 is 18.7. The first kappa shape index (κ1) is 12.0. The summed E-state index contributed by atoms with van der Waals surface area (Å²) in [5, 5.41) is 6.92. The van der Waals surface area contributed by atoms with E-state index in [-0.39, 0.29) is 11.9 Å². The molecule has 0 aliphatic carbocycles. The van der Waals surface area contributed by atoms with E-state index in [2.05, 4.69) is 20.1 Å². The zero-order valence-electron chi connectivity index (χ0n) is 10.6. The van der Waals surface area contributed by atoms with E-state index in [1.54, 1.807) is 13.3 Å². The molecule has 2 aromatic heterocycles. The van der Waals surface area contributed by atoms with Crippen LogP contribution in [0.5, 0.6) is 5.88 Å². The number of methoxy groups -OCH3 is 1. The first-order valence-electron chi connectivity index (χ1n) is 6.25. The Bertz CT molecular complexity index is 558. The molecule has 0 bridgehead atoms. The highest BCUT2D eigenvalue weighted by Crippen LogP contribution is 2.38. The summed E-state index contributed by atoms with van der Waals surface area (Å²) >= 11 is 0. The summed E-state index contributed by atoms with van der Waals surface area (Å²) in [5.41, 5.74) is 0.787. The predicted molar refractivity (Wildman–Crippen MR) is 68.7 cm³/mol. The fourth-order valence-electron chi connectivity index (χ4n) is 2.64. The lowest BCUT2D eigenvalue weighted by Gasteiger charge is -2.26. The molecule has 1 unspecified atom stereocenters. The van der Waals surface area contributed by atoms with E-state index in [9.17, 15) is 4.39 Å². The minimum atomic E-state index is -0.340. The zero-order valence-corrected chi connectivity index (χ0v) is 10.6. The van der Waals surface area contributed by atoms with Gasteiger partial charge in [-0.25, -0.2) is 9.37 Å². The Labute approximate surface area is 110 Å². The van der Waals surface area contributed by atoms with Gasteiger partial charge in [0, 0.05) is 18.2 Å². The molecule has 1 atom stereocenters. The first-order valence-corrected chi connectivity index (χ1v) is 6.25. The van der Waals surface area contributed by atoms with Crippen molar-refractivity contribution in [3.63, 3.8) is 0 Å². The van der Waals surface area contributed by atoms with Gasteiger partial charge in [-0.15, -0.1) is 0 Å². The van der Waals surface area contributed by atoms with Gasteiger partial charge in [0.1, 0.15) is 11.6 Å². The molecule has 1 aliphatic rings. The molecule has 1 saturated heterocycles. The lowest BCUT2D eigenvalue weighted by Crippen LogP contribution is -2.23. The van der Waals surface area contributed by atoms with Gasteiger partial charge in [-0.1, -0.05) is 0 Å². The third kappa shape index (κ3) is 2.14. The monoisotopic (exact) mass is 262 g/mol. The molecule has 1 N–H and O–H groups in total. The Morgan fingerprint density at radius 2 is 2.42 bits per heavy atom. The van der Waals surface area contributed by atoms with Crippen molar-refractivity contribution in [3.8, 4) is 5.88 Å². The Balaban J connectivity index is 1.98. The van der Waals surface area contributed by atoms with Gasteiger partial charge >= 0.3 is 0 Å². The molecular formula is C13H15FN4O. The van der Waals surface area contributed by atoms with Crippen molar-refractivity contribution in [2.24, 2.45) is 0 Å². The Morgan fingerprint density at radius 3 is 3.16 bits per heavy atom. The van der Waals surface area contributed by atoms with Crippen LogP contribution in [0.25, 0.3) is 0 Å². The normalized spacial score (nSPS) is 18.8. The molecule has 19 heavy (non-hydrogen) atoms. The average Bonchev–Trinajstić information content (AvgIpc) is 3.09. The first-order chi connectivity index (χ1) is 9.29. The van der Waals surface area contributed by atoms with Crippen molar-refractivity contribution in [1.82, 2.24) is 15.2 Å². The molecule has 1 fully saturated rings. The van der Waals surface area contributed by atoms with Crippen molar-refractivity contribution in [2.45, 2.75) is 18.9 Å². The van der Waals surface area contributed by atoms with Gasteiger partial charge in [0.25, 0.3) is 0 Å². The van der Waals surface area contributed by atoms with Gasteiger partial charge in [-0.05, 0) is 18.9 Å². The number of nitrogens with one attached hydrogen (secondary N) is 1. The average molecular weight is 262 g/mol. The third-order valence-electron chi connectivity index (χ3n) is 3.45. The summed E-state index contributed by atoms with van der Waals surface area (Å²) in [7, 11) is 1.55. The number of ether oxygens (including phenoxy) is 1. The van der Waals surface area contributed by atoms with Crippen molar-refractivity contribution in [3.05, 3.63) is 35.9 Å². The molecule has 3 rings (SSSR count). The smallest absolute Gasteiger partial charge is 0.218 e. The molecule has 100 valence electrons. The molecule has 5 nitrogen and oxygen atoms in total. The second kappa shape index (κ2) is 4.87. The van der Waals surface area contributed by atoms with Gasteiger partial charge in [-0.3, -0.25) is 5.10 Å². The summed E-state index contributed by atoms with van der Waals surface area (Å²) in [6.07, 6.45) is 4.88. The SMILES string of the molecule is COc1ncc(F)cc1C1CCCN1c1ccn[nH]1. The highest BCUT2D eigenvalue weighted by molar-refractivity contribution is 5.45. The summed E-state index contributed by atoms with van der Waals surface area (Å²) in [4.78, 5) is 6.18. The van der Waals surface area contributed by atoms with Gasteiger partial charge < -0.3 is 9.64 Å². The number of hydrogen-bond donors (Lipinski definition) is 1. The van der Waals surface area contributed by atoms with E-state index in [1.807, 2.05) is 6.07 Å². The lowest BCUT2D eigenvalue weighted by molar-refractivity contribution is 0.385. The second-order valence-corrected chi connectivity index (χ2v) is 4.55. The standard InChI is InChI=1S/C13H15FN4O/c1-19-13-10(7-9(14)8-15-13)11-3-2-6-18(11)12-4-5-16-17-12/h4-5,7-8,11H,2-3,6H2,1H3,(H,16,17). The van der Waals surface area contributed by atoms with E-state index in [0.717, 1.165) is 30.8 Å². The molecule has 0 amide bonds. The van der Waals surface area contributed by atoms with E-state index in [1.165, 1.54) is 12.3 Å². The van der Waals surface area contributed by atoms with Crippen LogP contribution in [0.1, 0.15) is 24.4 Å². The summed E-state index contributed by atoms with van der Waals surface area (Å²) in [5.74, 6) is 1.08. The van der Waals surface area contributed by atoms with Crippen LogP contribution in [-0.4, -0.2) is 28.8 Å². The fraction of sp³-hybridized carbons (Fsp3) is 0.385. The van der Waals surface area contributed by atoms with Crippen LogP contribution >= 0.6 is 0 Å². The number of aromatic amines is 1. The highest BCUT2D eigenvalue weighted by atomic mass is 19.1. The maximum Gasteiger partial charge on any atom is 0.218 e. The van der Waals surface area contributed by atoms with Crippen LogP contribution in [0.2, 0.25) is 0 Å². The van der Waals surface area contributed by atoms with Gasteiger partial charge in [0.15, 0.2) is 0 Å². The number of H-pyrrole nitrogens is 1. The minimum Gasteiger partial charge on any atom is -0.481 e. The molecule has 6 heteroatoms. The molecule has 0 aromatic carbocycles. The number of pyridine rings is 1. The van der Waals surface area contributed by atoms with Crippen LogP contribution in [0, 0.1) is 5.82 Å². The number of rotatable bonds is 3. The lowest BCUT2D eigenvalue weighted by atomic mass is 10.1. The Kier molecular flexibility index (Phi) is 3.06. The topological polar surface area (TPSA) is 54.0 Å². The maximum atomic E-state index is 13.4. The minimum absolute atomic E-state index is 0.0681. The molecule has 0 radical (unpaired) electrons. The number of nitrogens with zero attached hydrogens (tertiary/aromatic N) is 3. The van der Waals surface area contributed by atoms with Gasteiger partial charge in [0.05, 0.1) is 25.5 Å². The summed E-state index contributed by atoms with van der Waals surface area (Å²) in [6, 6.07) is 3.49. The number of anilines is 1. The van der Waals surface area contributed by atoms with Crippen LogP contribution in [-0.2, 0) is 0 Å². The third-order valence-corrected chi connectivity index (χ3v) is 3.45.